The van der Waals surface area contributed by atoms with Crippen molar-refractivity contribution in [2.24, 2.45) is 5.92 Å². The number of aliphatic hydroxyl groups excluding tert-OH is 1. The third-order valence-corrected chi connectivity index (χ3v) is 11.3. The fourth-order valence-corrected chi connectivity index (χ4v) is 8.61. The van der Waals surface area contributed by atoms with Gasteiger partial charge in [0.1, 0.15) is 52.6 Å². The Morgan fingerprint density at radius 3 is 2.75 bits per heavy atom. The summed E-state index contributed by atoms with van der Waals surface area (Å²) >= 11 is 0. The van der Waals surface area contributed by atoms with Crippen LogP contribution < -0.4 is 26.9 Å². The van der Waals surface area contributed by atoms with Gasteiger partial charge < -0.3 is 40.9 Å². The summed E-state index contributed by atoms with van der Waals surface area (Å²) in [6.45, 7) is 3.82. The summed E-state index contributed by atoms with van der Waals surface area (Å²) in [5.74, 6) is -0.0442. The minimum absolute atomic E-state index is 0.0398. The van der Waals surface area contributed by atoms with Gasteiger partial charge >= 0.3 is 5.97 Å². The van der Waals surface area contributed by atoms with Gasteiger partial charge in [-0.25, -0.2) is 14.8 Å². The lowest BCUT2D eigenvalue weighted by Crippen LogP contribution is -2.57. The van der Waals surface area contributed by atoms with E-state index in [2.05, 4.69) is 21.4 Å². The molecule has 1 aromatic carbocycles. The number of hydrogen-bond acceptors (Lipinski definition) is 12. The van der Waals surface area contributed by atoms with Gasteiger partial charge in [-0.05, 0) is 93.1 Å². The number of hydrogen-bond donors (Lipinski definition) is 5. The highest BCUT2D eigenvalue weighted by Crippen LogP contribution is 2.56. The number of esters is 1. The topological polar surface area (TPSA) is 196 Å². The smallest absolute Gasteiger partial charge is 0.334 e. The summed E-state index contributed by atoms with van der Waals surface area (Å²) in [5.41, 5.74) is 19.5. The molecule has 5 heterocycles. The monoisotopic (exact) mass is 703 g/mol. The van der Waals surface area contributed by atoms with Crippen molar-refractivity contribution >= 4 is 34.1 Å². The molecule has 4 aromatic rings. The average molecular weight is 704 g/mol. The first-order valence-corrected chi connectivity index (χ1v) is 17.6. The Morgan fingerprint density at radius 1 is 1.15 bits per heavy atom. The van der Waals surface area contributed by atoms with Crippen LogP contribution in [0.1, 0.15) is 65.8 Å². The Hall–Kier alpha value is -5.46. The van der Waals surface area contributed by atoms with Crippen LogP contribution in [0.3, 0.4) is 0 Å². The molecule has 0 saturated heterocycles. The minimum atomic E-state index is -1.23. The molecule has 0 saturated carbocycles. The number of rotatable bonds is 6. The molecule has 12 heteroatoms. The van der Waals surface area contributed by atoms with E-state index in [9.17, 15) is 19.8 Å². The van der Waals surface area contributed by atoms with Crippen molar-refractivity contribution in [2.45, 2.75) is 70.7 Å². The van der Waals surface area contributed by atoms with Gasteiger partial charge in [0.25, 0.3) is 0 Å². The van der Waals surface area contributed by atoms with Crippen LogP contribution >= 0.6 is 0 Å². The highest BCUT2D eigenvalue weighted by atomic mass is 16.6. The first-order chi connectivity index (χ1) is 25.1. The molecule has 0 unspecified atom stereocenters. The van der Waals surface area contributed by atoms with Crippen LogP contribution in [0.2, 0.25) is 0 Å². The highest BCUT2D eigenvalue weighted by Gasteiger charge is 2.54. The highest BCUT2D eigenvalue weighted by molar-refractivity contribution is 5.94. The Balaban J connectivity index is 1.44. The predicted octanol–water partition coefficient (Wildman–Crippen LogP) is 4.21. The van der Waals surface area contributed by atoms with Gasteiger partial charge in [-0.3, -0.25) is 4.79 Å². The summed E-state index contributed by atoms with van der Waals surface area (Å²) in [6, 6.07) is 4.99. The number of aromatic hydroxyl groups is 1. The van der Waals surface area contributed by atoms with Gasteiger partial charge in [0.15, 0.2) is 11.0 Å². The Morgan fingerprint density at radius 2 is 1.98 bits per heavy atom. The van der Waals surface area contributed by atoms with E-state index in [1.54, 1.807) is 19.2 Å². The standard InChI is InChI=1S/C40H41N5O7/c1-4-19(7-9-43-3)39(49)51-30-16-26-35(48)34-29(47)15-24(18-46)50-37(34)27-12-21-8-10-44-38(42)33(21)25-6-5-20-11-22-14-31(41)45-17-23(22)13-28(32(20)25)40(30,2)52-36(26)27/h4,6,8,10,14-15,17,28,30,43,46,48H,5,7,9,11-13,16,18H2,1-3H3,(H2,41,45)(H2,42,44)/b19-4-/t28-,30+,40-/m0/s1. The predicted molar refractivity (Wildman–Crippen MR) is 196 cm³/mol. The van der Waals surface area contributed by atoms with Crippen molar-refractivity contribution in [1.82, 2.24) is 15.3 Å². The van der Waals surface area contributed by atoms with E-state index in [-0.39, 0.29) is 35.3 Å². The van der Waals surface area contributed by atoms with Crippen LogP contribution in [0.25, 0.3) is 16.5 Å². The van der Waals surface area contributed by atoms with Crippen molar-refractivity contribution in [3.63, 3.8) is 0 Å². The maximum atomic E-state index is 14.0. The SMILES string of the molecule is C/C=C(/CCNC)C(=O)O[C@@H]1Cc2c3c(c4oc(CO)cc(=O)c4c2O)Cc2ccnc(N)c2C2=CCC4=C2[C@H](Cc2cnc(N)cc2C4)[C@]1(C)O3. The molecule has 2 aliphatic carbocycles. The molecule has 0 fully saturated rings. The number of aromatic nitrogens is 2. The number of nitrogen functional groups attached to an aromatic ring is 2. The number of nitrogens with two attached hydrogens (primary N) is 2. The third-order valence-electron chi connectivity index (χ3n) is 11.3. The molecule has 0 radical (unpaired) electrons. The lowest BCUT2D eigenvalue weighted by molar-refractivity contribution is -0.163. The Kier molecular flexibility index (Phi) is 8.19. The van der Waals surface area contributed by atoms with Crippen LogP contribution in [0, 0.1) is 5.92 Å². The van der Waals surface area contributed by atoms with E-state index in [0.29, 0.717) is 66.3 Å². The minimum Gasteiger partial charge on any atom is -0.507 e. The van der Waals surface area contributed by atoms with Crippen LogP contribution in [-0.4, -0.2) is 51.4 Å². The number of phenols is 1. The average Bonchev–Trinajstić information content (AvgIpc) is 3.43. The number of phenolic OH excluding ortho intramolecular Hbond substituents is 1. The third kappa shape index (κ3) is 5.19. The summed E-state index contributed by atoms with van der Waals surface area (Å²) < 4.78 is 19.9. The van der Waals surface area contributed by atoms with Crippen molar-refractivity contribution in [3.8, 4) is 11.5 Å². The van der Waals surface area contributed by atoms with Gasteiger partial charge in [-0.2, -0.15) is 0 Å². The zero-order valence-corrected chi connectivity index (χ0v) is 29.3. The van der Waals surface area contributed by atoms with Gasteiger partial charge in [0.2, 0.25) is 0 Å². The molecule has 3 aromatic heterocycles. The second kappa shape index (κ2) is 12.6. The van der Waals surface area contributed by atoms with E-state index in [1.807, 2.05) is 32.3 Å². The number of nitrogens with one attached hydrogen (secondary N) is 1. The summed E-state index contributed by atoms with van der Waals surface area (Å²) in [4.78, 5) is 36.6. The molecular formula is C40H41N5O7. The van der Waals surface area contributed by atoms with Crippen molar-refractivity contribution in [1.29, 1.82) is 0 Å². The molecule has 4 aliphatic rings. The van der Waals surface area contributed by atoms with Gasteiger partial charge in [0.05, 0.1) is 0 Å². The fourth-order valence-electron chi connectivity index (χ4n) is 8.61. The largest absolute Gasteiger partial charge is 0.507 e. The molecule has 12 nitrogen and oxygen atoms in total. The molecule has 8 rings (SSSR count). The number of benzene rings is 1. The first-order valence-electron chi connectivity index (χ1n) is 17.6. The van der Waals surface area contributed by atoms with Crippen LogP contribution in [-0.2, 0) is 41.8 Å². The number of nitrogens with zero attached hydrogens (tertiary/aromatic N) is 2. The van der Waals surface area contributed by atoms with E-state index in [0.717, 1.165) is 33.4 Å². The van der Waals surface area contributed by atoms with Gasteiger partial charge in [-0.15, -0.1) is 0 Å². The van der Waals surface area contributed by atoms with Crippen molar-refractivity contribution in [3.05, 3.63) is 109 Å². The molecule has 2 bridgehead atoms. The molecule has 0 amide bonds. The van der Waals surface area contributed by atoms with Crippen molar-refractivity contribution in [2.75, 3.05) is 25.1 Å². The number of aliphatic hydroxyl groups is 1. The zero-order valence-electron chi connectivity index (χ0n) is 29.3. The zero-order chi connectivity index (χ0) is 36.5. The molecule has 3 atom stereocenters. The molecular weight excluding hydrogens is 662 g/mol. The number of allylic oxidation sites excluding steroid dienone is 4. The fraction of sp³-hybridized carbons (Fsp3) is 0.350. The van der Waals surface area contributed by atoms with Crippen LogP contribution in [0.4, 0.5) is 11.6 Å². The number of fused-ring (bicyclic) bond motifs is 7. The van der Waals surface area contributed by atoms with Gasteiger partial charge in [0, 0.05) is 59.5 Å². The lowest BCUT2D eigenvalue weighted by Gasteiger charge is -2.48. The summed E-state index contributed by atoms with van der Waals surface area (Å²) in [5, 5.41) is 25.0. The number of carbonyl (C=O) groups excluding carboxylic acids is 1. The number of anilines is 2. The van der Waals surface area contributed by atoms with Crippen molar-refractivity contribution < 1.29 is 28.9 Å². The summed E-state index contributed by atoms with van der Waals surface area (Å²) in [6.07, 6.45) is 8.97. The Bertz CT molecular complexity index is 2340. The van der Waals surface area contributed by atoms with E-state index >= 15 is 0 Å². The molecule has 2 aliphatic heterocycles. The number of ether oxygens (including phenoxy) is 2. The molecule has 7 N–H and O–H groups in total. The first kappa shape index (κ1) is 33.7. The second-order valence-electron chi connectivity index (χ2n) is 14.2. The normalized spacial score (nSPS) is 21.8. The summed E-state index contributed by atoms with van der Waals surface area (Å²) in [7, 11) is 1.82. The van der Waals surface area contributed by atoms with Gasteiger partial charge in [-0.1, -0.05) is 17.7 Å². The molecule has 268 valence electrons. The van der Waals surface area contributed by atoms with Crippen LogP contribution in [0.5, 0.6) is 11.5 Å². The lowest BCUT2D eigenvalue weighted by atomic mass is 9.69. The molecule has 52 heavy (non-hydrogen) atoms. The van der Waals surface area contributed by atoms with Crippen LogP contribution in [0.15, 0.2) is 68.7 Å². The number of pyridine rings is 2. The van der Waals surface area contributed by atoms with E-state index in [1.165, 1.54) is 11.6 Å². The van der Waals surface area contributed by atoms with E-state index < -0.39 is 35.6 Å². The molecule has 0 spiro atoms. The maximum absolute atomic E-state index is 14.0. The Labute approximate surface area is 299 Å². The quantitative estimate of drug-likeness (QED) is 0.142. The second-order valence-corrected chi connectivity index (χ2v) is 14.2. The maximum Gasteiger partial charge on any atom is 0.334 e. The number of carbonyl (C=O) groups is 1. The van der Waals surface area contributed by atoms with E-state index in [4.69, 9.17) is 25.4 Å².